The lowest BCUT2D eigenvalue weighted by atomic mass is 10.1. The van der Waals surface area contributed by atoms with Crippen molar-refractivity contribution in [1.82, 2.24) is 9.80 Å². The first-order chi connectivity index (χ1) is 9.63. The van der Waals surface area contributed by atoms with Crippen molar-refractivity contribution in [2.75, 3.05) is 45.1 Å². The third kappa shape index (κ3) is 3.46. The number of nitro benzene ring substituents is 1. The SMILES string of the molecule is CCN1CCN(Cc2cc([N+](=O)[O-])ccc2NC)CC1. The number of nitro groups is 1. The van der Waals surface area contributed by atoms with E-state index in [1.807, 2.05) is 7.05 Å². The highest BCUT2D eigenvalue weighted by molar-refractivity contribution is 5.55. The second kappa shape index (κ2) is 6.67. The van der Waals surface area contributed by atoms with Gasteiger partial charge in [0.05, 0.1) is 4.92 Å². The average Bonchev–Trinajstić information content (AvgIpc) is 2.48. The van der Waals surface area contributed by atoms with E-state index in [-0.39, 0.29) is 10.6 Å². The first-order valence-corrected chi connectivity index (χ1v) is 7.03. The van der Waals surface area contributed by atoms with E-state index >= 15 is 0 Å². The van der Waals surface area contributed by atoms with Crippen LogP contribution in [0.1, 0.15) is 12.5 Å². The Morgan fingerprint density at radius 3 is 2.45 bits per heavy atom. The number of nitrogens with zero attached hydrogens (tertiary/aromatic N) is 3. The number of anilines is 1. The van der Waals surface area contributed by atoms with E-state index in [4.69, 9.17) is 0 Å². The van der Waals surface area contributed by atoms with Crippen LogP contribution in [0.4, 0.5) is 11.4 Å². The summed E-state index contributed by atoms with van der Waals surface area (Å²) in [5, 5.41) is 14.0. The fourth-order valence-electron chi connectivity index (χ4n) is 2.57. The summed E-state index contributed by atoms with van der Waals surface area (Å²) in [6, 6.07) is 5.01. The predicted molar refractivity (Wildman–Crippen MR) is 80.0 cm³/mol. The summed E-state index contributed by atoms with van der Waals surface area (Å²) < 4.78 is 0. The van der Waals surface area contributed by atoms with Gasteiger partial charge in [0.1, 0.15) is 0 Å². The number of hydrogen-bond acceptors (Lipinski definition) is 5. The number of benzene rings is 1. The lowest BCUT2D eigenvalue weighted by molar-refractivity contribution is -0.384. The van der Waals surface area contributed by atoms with Gasteiger partial charge in [-0.25, -0.2) is 0 Å². The lowest BCUT2D eigenvalue weighted by Crippen LogP contribution is -2.45. The molecule has 1 heterocycles. The maximum Gasteiger partial charge on any atom is 0.269 e. The summed E-state index contributed by atoms with van der Waals surface area (Å²) in [5.74, 6) is 0. The maximum absolute atomic E-state index is 10.9. The topological polar surface area (TPSA) is 61.7 Å². The molecule has 0 aliphatic carbocycles. The lowest BCUT2D eigenvalue weighted by Gasteiger charge is -2.34. The van der Waals surface area contributed by atoms with Gasteiger partial charge in [0.25, 0.3) is 5.69 Å². The Balaban J connectivity index is 2.08. The van der Waals surface area contributed by atoms with Crippen LogP contribution in [-0.4, -0.2) is 54.5 Å². The molecule has 2 rings (SSSR count). The zero-order valence-electron chi connectivity index (χ0n) is 12.1. The normalized spacial score (nSPS) is 17.1. The standard InChI is InChI=1S/C14H22N4O2/c1-3-16-6-8-17(9-7-16)11-12-10-13(18(19)20)4-5-14(12)15-2/h4-5,10,15H,3,6-9,11H2,1-2H3. The van der Waals surface area contributed by atoms with Crippen molar-refractivity contribution < 1.29 is 4.92 Å². The quantitative estimate of drug-likeness (QED) is 0.657. The minimum absolute atomic E-state index is 0.159. The molecule has 0 aromatic heterocycles. The zero-order chi connectivity index (χ0) is 14.5. The van der Waals surface area contributed by atoms with E-state index in [9.17, 15) is 10.1 Å². The van der Waals surface area contributed by atoms with Crippen molar-refractivity contribution in [2.24, 2.45) is 0 Å². The fraction of sp³-hybridized carbons (Fsp3) is 0.571. The fourth-order valence-corrected chi connectivity index (χ4v) is 2.57. The highest BCUT2D eigenvalue weighted by atomic mass is 16.6. The highest BCUT2D eigenvalue weighted by Gasteiger charge is 2.18. The molecule has 1 aromatic rings. The van der Waals surface area contributed by atoms with Gasteiger partial charge < -0.3 is 10.2 Å². The van der Waals surface area contributed by atoms with Crippen molar-refractivity contribution in [3.05, 3.63) is 33.9 Å². The molecule has 0 atom stereocenters. The minimum Gasteiger partial charge on any atom is -0.388 e. The Morgan fingerprint density at radius 1 is 1.25 bits per heavy atom. The Morgan fingerprint density at radius 2 is 1.90 bits per heavy atom. The van der Waals surface area contributed by atoms with E-state index in [0.717, 1.165) is 50.5 Å². The molecule has 1 aliphatic rings. The van der Waals surface area contributed by atoms with Gasteiger partial charge in [0.15, 0.2) is 0 Å². The molecule has 6 nitrogen and oxygen atoms in total. The van der Waals surface area contributed by atoms with Crippen LogP contribution in [0.2, 0.25) is 0 Å². The molecule has 0 radical (unpaired) electrons. The van der Waals surface area contributed by atoms with Gasteiger partial charge in [0.2, 0.25) is 0 Å². The summed E-state index contributed by atoms with van der Waals surface area (Å²) in [7, 11) is 1.85. The Hall–Kier alpha value is -1.66. The third-order valence-electron chi connectivity index (χ3n) is 3.88. The summed E-state index contributed by atoms with van der Waals surface area (Å²) >= 11 is 0. The summed E-state index contributed by atoms with van der Waals surface area (Å²) in [5.41, 5.74) is 2.12. The largest absolute Gasteiger partial charge is 0.388 e. The van der Waals surface area contributed by atoms with E-state index in [1.165, 1.54) is 0 Å². The smallest absolute Gasteiger partial charge is 0.269 e. The molecule has 1 aliphatic heterocycles. The number of hydrogen-bond donors (Lipinski definition) is 1. The van der Waals surface area contributed by atoms with Crippen LogP contribution < -0.4 is 5.32 Å². The molecular formula is C14H22N4O2. The molecule has 0 saturated carbocycles. The van der Waals surface area contributed by atoms with Gasteiger partial charge in [-0.1, -0.05) is 6.92 Å². The Labute approximate surface area is 119 Å². The third-order valence-corrected chi connectivity index (χ3v) is 3.88. The highest BCUT2D eigenvalue weighted by Crippen LogP contribution is 2.23. The van der Waals surface area contributed by atoms with Crippen LogP contribution in [-0.2, 0) is 6.54 Å². The van der Waals surface area contributed by atoms with E-state index in [2.05, 4.69) is 22.0 Å². The van der Waals surface area contributed by atoms with Gasteiger partial charge in [0, 0.05) is 57.6 Å². The molecule has 0 unspecified atom stereocenters. The second-order valence-electron chi connectivity index (χ2n) is 5.06. The van der Waals surface area contributed by atoms with Crippen molar-refractivity contribution in [3.8, 4) is 0 Å². The number of piperazine rings is 1. The second-order valence-corrected chi connectivity index (χ2v) is 5.06. The molecule has 20 heavy (non-hydrogen) atoms. The molecule has 1 saturated heterocycles. The first kappa shape index (κ1) is 14.7. The maximum atomic E-state index is 10.9. The van der Waals surface area contributed by atoms with E-state index in [1.54, 1.807) is 18.2 Å². The van der Waals surface area contributed by atoms with Gasteiger partial charge in [-0.2, -0.15) is 0 Å². The molecule has 0 amide bonds. The molecule has 0 spiro atoms. The number of non-ortho nitro benzene ring substituents is 1. The summed E-state index contributed by atoms with van der Waals surface area (Å²) in [6.45, 7) is 8.19. The average molecular weight is 278 g/mol. The summed E-state index contributed by atoms with van der Waals surface area (Å²) in [4.78, 5) is 15.3. The van der Waals surface area contributed by atoms with Crippen molar-refractivity contribution in [2.45, 2.75) is 13.5 Å². The molecular weight excluding hydrogens is 256 g/mol. The minimum atomic E-state index is -0.335. The van der Waals surface area contributed by atoms with Crippen molar-refractivity contribution in [1.29, 1.82) is 0 Å². The molecule has 1 aromatic carbocycles. The van der Waals surface area contributed by atoms with E-state index in [0.29, 0.717) is 0 Å². The molecule has 1 fully saturated rings. The van der Waals surface area contributed by atoms with Crippen molar-refractivity contribution in [3.63, 3.8) is 0 Å². The molecule has 110 valence electrons. The molecule has 6 heteroatoms. The number of nitrogens with one attached hydrogen (secondary N) is 1. The molecule has 1 N–H and O–H groups in total. The number of likely N-dealkylation sites (N-methyl/N-ethyl adjacent to an activating group) is 1. The molecule has 0 bridgehead atoms. The van der Waals surface area contributed by atoms with Crippen LogP contribution in [0, 0.1) is 10.1 Å². The predicted octanol–water partition coefficient (Wildman–Crippen LogP) is 1.77. The number of rotatable bonds is 5. The van der Waals surface area contributed by atoms with Crippen LogP contribution in [0.3, 0.4) is 0 Å². The van der Waals surface area contributed by atoms with Crippen LogP contribution in [0.5, 0.6) is 0 Å². The first-order valence-electron chi connectivity index (χ1n) is 7.03. The van der Waals surface area contributed by atoms with Crippen LogP contribution >= 0.6 is 0 Å². The monoisotopic (exact) mass is 278 g/mol. The van der Waals surface area contributed by atoms with Gasteiger partial charge in [-0.15, -0.1) is 0 Å². The Bertz CT molecular complexity index is 470. The van der Waals surface area contributed by atoms with E-state index < -0.39 is 0 Å². The summed E-state index contributed by atoms with van der Waals surface area (Å²) in [6.07, 6.45) is 0. The van der Waals surface area contributed by atoms with Crippen LogP contribution in [0.25, 0.3) is 0 Å². The Kier molecular flexibility index (Phi) is 4.92. The van der Waals surface area contributed by atoms with Gasteiger partial charge in [-0.05, 0) is 18.2 Å². The van der Waals surface area contributed by atoms with Gasteiger partial charge in [-0.3, -0.25) is 15.0 Å². The zero-order valence-corrected chi connectivity index (χ0v) is 12.1. The van der Waals surface area contributed by atoms with Gasteiger partial charge >= 0.3 is 0 Å². The van der Waals surface area contributed by atoms with Crippen molar-refractivity contribution >= 4 is 11.4 Å². The van der Waals surface area contributed by atoms with Crippen LogP contribution in [0.15, 0.2) is 18.2 Å².